The molecule has 1 aromatic heterocycles. The summed E-state index contributed by atoms with van der Waals surface area (Å²) < 4.78 is 1.91. The van der Waals surface area contributed by atoms with E-state index in [-0.39, 0.29) is 5.91 Å². The van der Waals surface area contributed by atoms with E-state index in [1.807, 2.05) is 22.9 Å². The minimum atomic E-state index is 0.0772. The molecule has 2 unspecified atom stereocenters. The van der Waals surface area contributed by atoms with Crippen molar-refractivity contribution >= 4 is 5.91 Å². The van der Waals surface area contributed by atoms with E-state index in [1.54, 1.807) is 6.92 Å². The molecule has 0 aliphatic carbocycles. The van der Waals surface area contributed by atoms with E-state index in [9.17, 15) is 4.79 Å². The van der Waals surface area contributed by atoms with Crippen LogP contribution < -0.4 is 5.32 Å². The molecule has 2 aromatic rings. The Hall–Kier alpha value is -2.28. The number of aromatic nitrogens is 4. The standard InChI is InChI=1S/C19H26N6O/c1-14(26)20-16-10-17-8-5-9-18(11-16)24(17)13-19-21-22-23-25(19)12-15-6-3-2-4-7-15/h2-4,6-7,16-18H,5,8-13H2,1H3,(H,20,26). The summed E-state index contributed by atoms with van der Waals surface area (Å²) in [6.45, 7) is 3.09. The molecule has 0 saturated carbocycles. The number of amides is 1. The number of rotatable bonds is 5. The van der Waals surface area contributed by atoms with Crippen LogP contribution in [-0.4, -0.2) is 49.1 Å². The molecule has 7 heteroatoms. The maximum Gasteiger partial charge on any atom is 0.217 e. The van der Waals surface area contributed by atoms with Gasteiger partial charge in [-0.3, -0.25) is 9.69 Å². The van der Waals surface area contributed by atoms with Crippen molar-refractivity contribution in [3.63, 3.8) is 0 Å². The number of nitrogens with one attached hydrogen (secondary N) is 1. The van der Waals surface area contributed by atoms with Gasteiger partial charge in [-0.25, -0.2) is 4.68 Å². The molecule has 1 N–H and O–H groups in total. The molecule has 138 valence electrons. The van der Waals surface area contributed by atoms with Crippen molar-refractivity contribution in [2.75, 3.05) is 0 Å². The first kappa shape index (κ1) is 17.1. The molecule has 0 radical (unpaired) electrons. The molecule has 0 spiro atoms. The third-order valence-electron chi connectivity index (χ3n) is 5.64. The Labute approximate surface area is 153 Å². The predicted octanol–water partition coefficient (Wildman–Crippen LogP) is 1.74. The van der Waals surface area contributed by atoms with Gasteiger partial charge in [0.1, 0.15) is 0 Å². The Morgan fingerprint density at radius 2 is 1.88 bits per heavy atom. The van der Waals surface area contributed by atoms with Gasteiger partial charge >= 0.3 is 0 Å². The van der Waals surface area contributed by atoms with Gasteiger partial charge < -0.3 is 5.32 Å². The van der Waals surface area contributed by atoms with Crippen LogP contribution in [0.1, 0.15) is 50.4 Å². The van der Waals surface area contributed by atoms with Crippen LogP contribution in [0.5, 0.6) is 0 Å². The monoisotopic (exact) mass is 354 g/mol. The highest BCUT2D eigenvalue weighted by Crippen LogP contribution is 2.35. The summed E-state index contributed by atoms with van der Waals surface area (Å²) in [6.07, 6.45) is 5.69. The molecule has 2 aliphatic heterocycles. The van der Waals surface area contributed by atoms with Crippen molar-refractivity contribution < 1.29 is 4.79 Å². The first-order valence-corrected chi connectivity index (χ1v) is 9.51. The van der Waals surface area contributed by atoms with Crippen molar-refractivity contribution in [3.8, 4) is 0 Å². The topological polar surface area (TPSA) is 75.9 Å². The van der Waals surface area contributed by atoms with Crippen molar-refractivity contribution in [2.24, 2.45) is 0 Å². The molecule has 3 heterocycles. The van der Waals surface area contributed by atoms with Gasteiger partial charge in [-0.1, -0.05) is 36.8 Å². The summed E-state index contributed by atoms with van der Waals surface area (Å²) in [7, 11) is 0. The highest BCUT2D eigenvalue weighted by atomic mass is 16.1. The highest BCUT2D eigenvalue weighted by molar-refractivity contribution is 5.73. The number of nitrogens with zero attached hydrogens (tertiary/aromatic N) is 5. The summed E-state index contributed by atoms with van der Waals surface area (Å²) in [5, 5.41) is 15.5. The normalized spacial score (nSPS) is 25.8. The molecular weight excluding hydrogens is 328 g/mol. The van der Waals surface area contributed by atoms with Gasteiger partial charge in [0.15, 0.2) is 5.82 Å². The van der Waals surface area contributed by atoms with Crippen LogP contribution in [0, 0.1) is 0 Å². The Morgan fingerprint density at radius 1 is 1.15 bits per heavy atom. The van der Waals surface area contributed by atoms with Crippen LogP contribution in [0.2, 0.25) is 0 Å². The minimum absolute atomic E-state index is 0.0772. The summed E-state index contributed by atoms with van der Waals surface area (Å²) in [5.41, 5.74) is 1.20. The lowest BCUT2D eigenvalue weighted by Gasteiger charge is -2.48. The van der Waals surface area contributed by atoms with Crippen LogP contribution in [-0.2, 0) is 17.9 Å². The van der Waals surface area contributed by atoms with Crippen LogP contribution in [0.15, 0.2) is 30.3 Å². The van der Waals surface area contributed by atoms with Gasteiger partial charge in [0.25, 0.3) is 0 Å². The average Bonchev–Trinajstić information content (AvgIpc) is 3.03. The SMILES string of the molecule is CC(=O)NC1CC2CCCC(C1)N2Cc1nnnn1Cc1ccccc1. The number of hydrogen-bond donors (Lipinski definition) is 1. The maximum atomic E-state index is 11.4. The van der Waals surface area contributed by atoms with Gasteiger partial charge in [0, 0.05) is 25.0 Å². The molecular formula is C19H26N6O. The molecule has 2 saturated heterocycles. The van der Waals surface area contributed by atoms with Gasteiger partial charge in [-0.15, -0.1) is 5.10 Å². The fraction of sp³-hybridized carbons (Fsp3) is 0.579. The Morgan fingerprint density at radius 3 is 2.58 bits per heavy atom. The zero-order chi connectivity index (χ0) is 17.9. The Bertz CT molecular complexity index is 731. The number of tetrazole rings is 1. The van der Waals surface area contributed by atoms with E-state index >= 15 is 0 Å². The quantitative estimate of drug-likeness (QED) is 0.885. The first-order chi connectivity index (χ1) is 12.7. The number of benzene rings is 1. The van der Waals surface area contributed by atoms with Crippen LogP contribution in [0.3, 0.4) is 0 Å². The lowest BCUT2D eigenvalue weighted by atomic mass is 9.81. The zero-order valence-corrected chi connectivity index (χ0v) is 15.2. The lowest BCUT2D eigenvalue weighted by Crippen LogP contribution is -2.56. The molecule has 26 heavy (non-hydrogen) atoms. The molecule has 7 nitrogen and oxygen atoms in total. The molecule has 1 amide bonds. The third-order valence-corrected chi connectivity index (χ3v) is 5.64. The van der Waals surface area contributed by atoms with Gasteiger partial charge in [-0.2, -0.15) is 0 Å². The smallest absolute Gasteiger partial charge is 0.217 e. The number of hydrogen-bond acceptors (Lipinski definition) is 5. The highest BCUT2D eigenvalue weighted by Gasteiger charge is 2.39. The lowest BCUT2D eigenvalue weighted by molar-refractivity contribution is -0.120. The molecule has 1 aromatic carbocycles. The zero-order valence-electron chi connectivity index (χ0n) is 15.2. The van der Waals surface area contributed by atoms with E-state index in [0.717, 1.165) is 25.2 Å². The summed E-state index contributed by atoms with van der Waals surface area (Å²) in [5.74, 6) is 0.997. The second-order valence-corrected chi connectivity index (χ2v) is 7.52. The minimum Gasteiger partial charge on any atom is -0.353 e. The van der Waals surface area contributed by atoms with Crippen molar-refractivity contribution in [1.82, 2.24) is 30.4 Å². The average molecular weight is 354 g/mol. The van der Waals surface area contributed by atoms with Crippen molar-refractivity contribution in [2.45, 2.75) is 70.2 Å². The molecule has 2 bridgehead atoms. The Balaban J connectivity index is 1.46. The second-order valence-electron chi connectivity index (χ2n) is 7.52. The summed E-state index contributed by atoms with van der Waals surface area (Å²) in [6, 6.07) is 11.6. The molecule has 2 fully saturated rings. The van der Waals surface area contributed by atoms with E-state index in [0.29, 0.717) is 24.7 Å². The van der Waals surface area contributed by atoms with Gasteiger partial charge in [0.2, 0.25) is 5.91 Å². The van der Waals surface area contributed by atoms with Gasteiger partial charge in [-0.05, 0) is 41.7 Å². The molecule has 4 rings (SSSR count). The summed E-state index contributed by atoms with van der Waals surface area (Å²) >= 11 is 0. The second kappa shape index (κ2) is 7.53. The van der Waals surface area contributed by atoms with E-state index in [1.165, 1.54) is 24.8 Å². The van der Waals surface area contributed by atoms with Gasteiger partial charge in [0.05, 0.1) is 13.1 Å². The Kier molecular flexibility index (Phi) is 4.97. The first-order valence-electron chi connectivity index (χ1n) is 9.51. The fourth-order valence-corrected chi connectivity index (χ4v) is 4.52. The van der Waals surface area contributed by atoms with Crippen molar-refractivity contribution in [1.29, 1.82) is 0 Å². The third kappa shape index (κ3) is 3.77. The van der Waals surface area contributed by atoms with E-state index in [4.69, 9.17) is 0 Å². The number of piperidine rings is 2. The fourth-order valence-electron chi connectivity index (χ4n) is 4.52. The molecule has 2 atom stereocenters. The largest absolute Gasteiger partial charge is 0.353 e. The van der Waals surface area contributed by atoms with E-state index in [2.05, 4.69) is 37.9 Å². The van der Waals surface area contributed by atoms with Crippen molar-refractivity contribution in [3.05, 3.63) is 41.7 Å². The number of carbonyl (C=O) groups is 1. The van der Waals surface area contributed by atoms with Crippen LogP contribution in [0.25, 0.3) is 0 Å². The maximum absolute atomic E-state index is 11.4. The molecule has 2 aliphatic rings. The number of carbonyl (C=O) groups excluding carboxylic acids is 1. The number of fused-ring (bicyclic) bond motifs is 2. The van der Waals surface area contributed by atoms with Crippen LogP contribution >= 0.6 is 0 Å². The predicted molar refractivity (Wildman–Crippen MR) is 97.2 cm³/mol. The summed E-state index contributed by atoms with van der Waals surface area (Å²) in [4.78, 5) is 14.0. The van der Waals surface area contributed by atoms with E-state index < -0.39 is 0 Å². The van der Waals surface area contributed by atoms with Crippen LogP contribution in [0.4, 0.5) is 0 Å².